The highest BCUT2D eigenvalue weighted by Crippen LogP contribution is 2.45. The summed E-state index contributed by atoms with van der Waals surface area (Å²) in [4.78, 5) is 15.5. The summed E-state index contributed by atoms with van der Waals surface area (Å²) in [5.41, 5.74) is 4.43. The summed E-state index contributed by atoms with van der Waals surface area (Å²) in [5, 5.41) is 18.0. The van der Waals surface area contributed by atoms with E-state index in [1.807, 2.05) is 89.8 Å². The van der Waals surface area contributed by atoms with Crippen molar-refractivity contribution in [1.82, 2.24) is 15.1 Å². The smallest absolute Gasteiger partial charge is 0.273 e. The number of phenols is 1. The zero-order valence-corrected chi connectivity index (χ0v) is 20.0. The van der Waals surface area contributed by atoms with E-state index in [4.69, 9.17) is 4.74 Å². The Morgan fingerprint density at radius 1 is 0.838 bits per heavy atom. The van der Waals surface area contributed by atoms with Crippen LogP contribution in [0.2, 0.25) is 0 Å². The Kier molecular flexibility index (Phi) is 5.91. The van der Waals surface area contributed by atoms with Gasteiger partial charge in [-0.05, 0) is 53.9 Å². The molecule has 0 fully saturated rings. The molecule has 2 N–H and O–H groups in total. The van der Waals surface area contributed by atoms with Crippen LogP contribution in [0.25, 0.3) is 11.3 Å². The van der Waals surface area contributed by atoms with E-state index < -0.39 is 0 Å². The first kappa shape index (κ1) is 22.6. The molecule has 2 heterocycles. The van der Waals surface area contributed by atoms with E-state index in [2.05, 4.69) is 22.3 Å². The van der Waals surface area contributed by atoms with Gasteiger partial charge < -0.3 is 14.7 Å². The Balaban J connectivity index is 1.42. The van der Waals surface area contributed by atoms with Crippen molar-refractivity contribution in [1.29, 1.82) is 0 Å². The van der Waals surface area contributed by atoms with E-state index in [0.717, 1.165) is 22.4 Å². The van der Waals surface area contributed by atoms with Gasteiger partial charge in [0, 0.05) is 17.7 Å². The number of aromatic amines is 1. The lowest BCUT2D eigenvalue weighted by Gasteiger charge is -2.27. The molecule has 4 aromatic carbocycles. The number of rotatable bonds is 7. The number of aromatic nitrogens is 2. The first-order valence-electron chi connectivity index (χ1n) is 12.2. The van der Waals surface area contributed by atoms with Crippen LogP contribution >= 0.6 is 0 Å². The summed E-state index contributed by atoms with van der Waals surface area (Å²) in [5.74, 6) is 1.42. The van der Waals surface area contributed by atoms with Gasteiger partial charge in [0.1, 0.15) is 28.6 Å². The number of para-hydroxylation sites is 2. The summed E-state index contributed by atoms with van der Waals surface area (Å²) >= 11 is 0. The lowest BCUT2D eigenvalue weighted by Crippen LogP contribution is -2.31. The zero-order valence-electron chi connectivity index (χ0n) is 20.0. The van der Waals surface area contributed by atoms with Crippen LogP contribution in [0.4, 0.5) is 0 Å². The summed E-state index contributed by atoms with van der Waals surface area (Å²) in [7, 11) is 0. The van der Waals surface area contributed by atoms with E-state index in [0.29, 0.717) is 35.7 Å². The molecule has 1 aliphatic rings. The molecule has 1 aliphatic heterocycles. The molecular formula is C31H25N3O3. The lowest BCUT2D eigenvalue weighted by molar-refractivity contribution is 0.0746. The van der Waals surface area contributed by atoms with Crippen molar-refractivity contribution in [3.63, 3.8) is 0 Å². The van der Waals surface area contributed by atoms with Crippen LogP contribution in [-0.4, -0.2) is 32.7 Å². The number of benzene rings is 4. The molecule has 37 heavy (non-hydrogen) atoms. The van der Waals surface area contributed by atoms with Gasteiger partial charge in [-0.1, -0.05) is 72.8 Å². The van der Waals surface area contributed by atoms with Crippen LogP contribution < -0.4 is 4.74 Å². The minimum atomic E-state index is -0.390. The van der Waals surface area contributed by atoms with Crippen LogP contribution in [0.5, 0.6) is 17.2 Å². The topological polar surface area (TPSA) is 78.5 Å². The SMILES string of the molecule is O=C1c2[nH]nc(-c3ccccc3O)c2C(c2cccc(Oc3ccccc3)c2)N1CCc1ccccc1. The maximum atomic E-state index is 13.7. The number of hydrogen-bond donors (Lipinski definition) is 2. The Morgan fingerprint density at radius 3 is 2.32 bits per heavy atom. The van der Waals surface area contributed by atoms with Gasteiger partial charge >= 0.3 is 0 Å². The van der Waals surface area contributed by atoms with Crippen molar-refractivity contribution >= 4 is 5.91 Å². The van der Waals surface area contributed by atoms with Gasteiger partial charge in [0.15, 0.2) is 0 Å². The summed E-state index contributed by atoms with van der Waals surface area (Å²) in [6.45, 7) is 0.528. The number of ether oxygens (including phenoxy) is 1. The number of nitrogens with zero attached hydrogens (tertiary/aromatic N) is 2. The third-order valence-electron chi connectivity index (χ3n) is 6.66. The summed E-state index contributed by atoms with van der Waals surface area (Å²) in [6, 6.07) is 34.2. The normalized spacial score (nSPS) is 14.5. The molecule has 1 aromatic heterocycles. The predicted molar refractivity (Wildman–Crippen MR) is 142 cm³/mol. The highest BCUT2D eigenvalue weighted by Gasteiger charge is 2.42. The molecule has 0 bridgehead atoms. The Morgan fingerprint density at radius 2 is 1.54 bits per heavy atom. The molecule has 6 rings (SSSR count). The number of fused-ring (bicyclic) bond motifs is 1. The second-order valence-corrected chi connectivity index (χ2v) is 9.00. The number of phenolic OH excluding ortho intramolecular Hbond substituents is 1. The zero-order chi connectivity index (χ0) is 25.2. The second-order valence-electron chi connectivity index (χ2n) is 9.00. The number of nitrogens with one attached hydrogen (secondary N) is 1. The van der Waals surface area contributed by atoms with Gasteiger partial charge in [-0.3, -0.25) is 9.89 Å². The molecule has 1 amide bonds. The number of carbonyl (C=O) groups excluding carboxylic acids is 1. The van der Waals surface area contributed by atoms with Crippen molar-refractivity contribution in [2.24, 2.45) is 0 Å². The third kappa shape index (κ3) is 4.34. The van der Waals surface area contributed by atoms with E-state index in [9.17, 15) is 9.90 Å². The molecule has 0 saturated heterocycles. The van der Waals surface area contributed by atoms with E-state index in [1.165, 1.54) is 0 Å². The minimum Gasteiger partial charge on any atom is -0.507 e. The van der Waals surface area contributed by atoms with Crippen molar-refractivity contribution in [3.8, 4) is 28.5 Å². The fourth-order valence-corrected chi connectivity index (χ4v) is 4.92. The highest BCUT2D eigenvalue weighted by atomic mass is 16.5. The molecule has 6 heteroatoms. The van der Waals surface area contributed by atoms with Crippen LogP contribution in [-0.2, 0) is 6.42 Å². The number of H-pyrrole nitrogens is 1. The van der Waals surface area contributed by atoms with Crippen molar-refractivity contribution < 1.29 is 14.6 Å². The third-order valence-corrected chi connectivity index (χ3v) is 6.66. The molecule has 0 saturated carbocycles. The van der Waals surface area contributed by atoms with Crippen LogP contribution in [0.1, 0.15) is 33.2 Å². The fourth-order valence-electron chi connectivity index (χ4n) is 4.92. The maximum absolute atomic E-state index is 13.7. The largest absolute Gasteiger partial charge is 0.507 e. The minimum absolute atomic E-state index is 0.112. The van der Waals surface area contributed by atoms with E-state index >= 15 is 0 Å². The Labute approximate surface area is 214 Å². The van der Waals surface area contributed by atoms with Crippen LogP contribution in [0.3, 0.4) is 0 Å². The number of aromatic hydroxyl groups is 1. The van der Waals surface area contributed by atoms with Crippen molar-refractivity contribution in [2.45, 2.75) is 12.5 Å². The lowest BCUT2D eigenvalue weighted by atomic mass is 9.95. The monoisotopic (exact) mass is 487 g/mol. The average Bonchev–Trinajstić information content (AvgIpc) is 3.47. The second kappa shape index (κ2) is 9.66. The predicted octanol–water partition coefficient (Wildman–Crippen LogP) is 6.36. The molecule has 0 aliphatic carbocycles. The standard InChI is InChI=1S/C31H25N3O3/c35-26-17-8-7-16-25(26)28-27-29(33-32-28)31(36)34(19-18-21-10-3-1-4-11-21)30(27)22-12-9-15-24(20-22)37-23-13-5-2-6-14-23/h1-17,20,30,35H,18-19H2,(H,32,33). The van der Waals surface area contributed by atoms with E-state index in [-0.39, 0.29) is 17.7 Å². The molecule has 6 nitrogen and oxygen atoms in total. The summed E-state index contributed by atoms with van der Waals surface area (Å²) < 4.78 is 6.11. The molecule has 1 atom stereocenters. The molecule has 1 unspecified atom stereocenters. The van der Waals surface area contributed by atoms with E-state index in [1.54, 1.807) is 12.1 Å². The number of hydrogen-bond acceptors (Lipinski definition) is 4. The first-order valence-corrected chi connectivity index (χ1v) is 12.2. The van der Waals surface area contributed by atoms with Gasteiger partial charge in [-0.2, -0.15) is 5.10 Å². The number of amides is 1. The van der Waals surface area contributed by atoms with Crippen LogP contribution in [0.15, 0.2) is 109 Å². The van der Waals surface area contributed by atoms with Gasteiger partial charge in [0.25, 0.3) is 5.91 Å². The quantitative estimate of drug-likeness (QED) is 0.280. The highest BCUT2D eigenvalue weighted by molar-refractivity contribution is 6.00. The molecule has 5 aromatic rings. The maximum Gasteiger partial charge on any atom is 0.273 e. The molecular weight excluding hydrogens is 462 g/mol. The molecule has 0 radical (unpaired) electrons. The Bertz CT molecular complexity index is 1550. The van der Waals surface area contributed by atoms with Gasteiger partial charge in [-0.25, -0.2) is 0 Å². The van der Waals surface area contributed by atoms with Crippen molar-refractivity contribution in [2.75, 3.05) is 6.54 Å². The molecule has 182 valence electrons. The van der Waals surface area contributed by atoms with Gasteiger partial charge in [0.05, 0.1) is 6.04 Å². The van der Waals surface area contributed by atoms with Gasteiger partial charge in [-0.15, -0.1) is 0 Å². The number of carbonyl (C=O) groups is 1. The van der Waals surface area contributed by atoms with Crippen LogP contribution in [0, 0.1) is 0 Å². The van der Waals surface area contributed by atoms with Crippen molar-refractivity contribution in [3.05, 3.63) is 132 Å². The Hall–Kier alpha value is -4.84. The average molecular weight is 488 g/mol. The summed E-state index contributed by atoms with van der Waals surface area (Å²) in [6.07, 6.45) is 0.715. The first-order chi connectivity index (χ1) is 18.2. The van der Waals surface area contributed by atoms with Gasteiger partial charge in [0.2, 0.25) is 0 Å². The fraction of sp³-hybridized carbons (Fsp3) is 0.0968. The molecule has 0 spiro atoms.